The molecule has 9 nitrogen and oxygen atoms in total. The van der Waals surface area contributed by atoms with Crippen molar-refractivity contribution in [1.29, 1.82) is 0 Å². The summed E-state index contributed by atoms with van der Waals surface area (Å²) in [6.07, 6.45) is 9.75. The number of ether oxygens (including phenoxy) is 2. The number of H-pyrrole nitrogens is 1. The quantitative estimate of drug-likeness (QED) is 0.467. The molecule has 2 aliphatic rings. The molecule has 4 aromatic rings. The van der Waals surface area contributed by atoms with Gasteiger partial charge in [-0.1, -0.05) is 6.07 Å². The fourth-order valence-corrected chi connectivity index (χ4v) is 4.73. The van der Waals surface area contributed by atoms with Crippen molar-refractivity contribution in [3.63, 3.8) is 0 Å². The number of fused-ring (bicyclic) bond motifs is 2. The van der Waals surface area contributed by atoms with Gasteiger partial charge in [-0.2, -0.15) is 4.98 Å². The number of aromatic nitrogens is 5. The Bertz CT molecular complexity index is 1290. The van der Waals surface area contributed by atoms with E-state index in [1.165, 1.54) is 0 Å². The molecule has 0 spiro atoms. The first-order chi connectivity index (χ1) is 16.7. The van der Waals surface area contributed by atoms with Crippen molar-refractivity contribution in [1.82, 2.24) is 29.8 Å². The molecule has 0 radical (unpaired) electrons. The van der Waals surface area contributed by atoms with Gasteiger partial charge in [-0.3, -0.25) is 0 Å². The Labute approximate surface area is 197 Å². The number of hydrogen-bond donors (Lipinski definition) is 2. The molecule has 0 bridgehead atoms. The van der Waals surface area contributed by atoms with Gasteiger partial charge in [0, 0.05) is 55.7 Å². The number of piperidine rings is 1. The molecule has 5 heterocycles. The van der Waals surface area contributed by atoms with Crippen LogP contribution < -0.4 is 10.1 Å². The summed E-state index contributed by atoms with van der Waals surface area (Å²) < 4.78 is 11.6. The molecule has 6 rings (SSSR count). The third-order valence-corrected chi connectivity index (χ3v) is 6.77. The van der Waals surface area contributed by atoms with Crippen LogP contribution >= 0.6 is 0 Å². The van der Waals surface area contributed by atoms with Gasteiger partial charge in [0.05, 0.1) is 17.2 Å². The molecule has 0 atom stereocenters. The Kier molecular flexibility index (Phi) is 5.72. The summed E-state index contributed by atoms with van der Waals surface area (Å²) >= 11 is 0. The van der Waals surface area contributed by atoms with Crippen molar-refractivity contribution < 1.29 is 9.47 Å². The van der Waals surface area contributed by atoms with E-state index in [2.05, 4.69) is 44.3 Å². The second kappa shape index (κ2) is 9.15. The Morgan fingerprint density at radius 3 is 2.74 bits per heavy atom. The third-order valence-electron chi connectivity index (χ3n) is 6.77. The molecule has 9 heteroatoms. The number of rotatable bonds is 5. The third kappa shape index (κ3) is 4.41. The zero-order valence-corrected chi connectivity index (χ0v) is 19.3. The molecule has 2 N–H and O–H groups in total. The van der Waals surface area contributed by atoms with E-state index in [1.807, 2.05) is 18.5 Å². The van der Waals surface area contributed by atoms with E-state index in [0.29, 0.717) is 17.9 Å². The van der Waals surface area contributed by atoms with Crippen LogP contribution in [0.3, 0.4) is 0 Å². The van der Waals surface area contributed by atoms with E-state index in [9.17, 15) is 0 Å². The van der Waals surface area contributed by atoms with Crippen molar-refractivity contribution in [2.45, 2.75) is 37.8 Å². The lowest BCUT2D eigenvalue weighted by atomic mass is 10.1. The first-order valence-corrected chi connectivity index (χ1v) is 12.0. The first-order valence-electron chi connectivity index (χ1n) is 12.0. The van der Waals surface area contributed by atoms with Gasteiger partial charge in [-0.15, -0.1) is 0 Å². The van der Waals surface area contributed by atoms with Crippen LogP contribution in [0.1, 0.15) is 25.7 Å². The second-order valence-electron chi connectivity index (χ2n) is 9.22. The van der Waals surface area contributed by atoms with E-state index in [4.69, 9.17) is 19.4 Å². The predicted octanol–water partition coefficient (Wildman–Crippen LogP) is 3.63. The van der Waals surface area contributed by atoms with Crippen LogP contribution in [0.25, 0.3) is 33.2 Å². The predicted molar refractivity (Wildman–Crippen MR) is 131 cm³/mol. The van der Waals surface area contributed by atoms with E-state index in [-0.39, 0.29) is 6.10 Å². The van der Waals surface area contributed by atoms with Gasteiger partial charge in [0.2, 0.25) is 11.8 Å². The Balaban J connectivity index is 1.24. The fourth-order valence-electron chi connectivity index (χ4n) is 4.73. The Morgan fingerprint density at radius 1 is 1.03 bits per heavy atom. The van der Waals surface area contributed by atoms with Crippen LogP contribution in [0.15, 0.2) is 36.8 Å². The highest BCUT2D eigenvalue weighted by atomic mass is 16.5. The van der Waals surface area contributed by atoms with Crippen molar-refractivity contribution in [3.05, 3.63) is 36.8 Å². The molecule has 2 aliphatic heterocycles. The molecule has 2 saturated heterocycles. The number of likely N-dealkylation sites (tertiary alicyclic amines) is 1. The smallest absolute Gasteiger partial charge is 0.233 e. The van der Waals surface area contributed by atoms with Crippen molar-refractivity contribution in [2.75, 3.05) is 38.7 Å². The highest BCUT2D eigenvalue weighted by molar-refractivity contribution is 5.95. The van der Waals surface area contributed by atoms with Gasteiger partial charge in [0.15, 0.2) is 0 Å². The van der Waals surface area contributed by atoms with E-state index < -0.39 is 0 Å². The molecule has 0 amide bonds. The zero-order valence-electron chi connectivity index (χ0n) is 19.3. The minimum Gasteiger partial charge on any atom is -0.473 e. The standard InChI is InChI=1S/C25H29N7O2/c1-32-8-4-18(5-9-32)34-23-15-26-21-3-2-16(12-22(21)30-23)19-13-27-24-20(19)14-28-25(31-24)29-17-6-10-33-11-7-17/h2-3,12-15,17-18H,4-11H2,1H3,(H2,27,28,29,31). The molecular weight excluding hydrogens is 430 g/mol. The maximum atomic E-state index is 6.15. The summed E-state index contributed by atoms with van der Waals surface area (Å²) in [5, 5.41) is 4.41. The zero-order chi connectivity index (χ0) is 22.9. The summed E-state index contributed by atoms with van der Waals surface area (Å²) in [7, 11) is 2.15. The Morgan fingerprint density at radius 2 is 1.88 bits per heavy atom. The van der Waals surface area contributed by atoms with E-state index >= 15 is 0 Å². The van der Waals surface area contributed by atoms with Gasteiger partial charge in [0.1, 0.15) is 11.8 Å². The number of nitrogens with one attached hydrogen (secondary N) is 2. The monoisotopic (exact) mass is 459 g/mol. The van der Waals surface area contributed by atoms with Crippen LogP contribution in [0.5, 0.6) is 5.88 Å². The number of hydrogen-bond acceptors (Lipinski definition) is 8. The highest BCUT2D eigenvalue weighted by Crippen LogP contribution is 2.30. The largest absolute Gasteiger partial charge is 0.473 e. The number of aromatic amines is 1. The molecule has 0 aliphatic carbocycles. The minimum atomic E-state index is 0.195. The molecule has 176 valence electrons. The fraction of sp³-hybridized carbons (Fsp3) is 0.440. The lowest BCUT2D eigenvalue weighted by Gasteiger charge is -2.28. The second-order valence-corrected chi connectivity index (χ2v) is 9.22. The summed E-state index contributed by atoms with van der Waals surface area (Å²) in [4.78, 5) is 24.2. The van der Waals surface area contributed by atoms with Gasteiger partial charge in [0.25, 0.3) is 0 Å². The molecule has 0 saturated carbocycles. The molecule has 34 heavy (non-hydrogen) atoms. The first kappa shape index (κ1) is 21.2. The van der Waals surface area contributed by atoms with Crippen LogP contribution in [-0.4, -0.2) is 75.3 Å². The Hall–Kier alpha value is -3.30. The number of benzene rings is 1. The topological polar surface area (TPSA) is 101 Å². The number of nitrogens with zero attached hydrogens (tertiary/aromatic N) is 5. The van der Waals surface area contributed by atoms with Gasteiger partial charge >= 0.3 is 0 Å². The van der Waals surface area contributed by atoms with Gasteiger partial charge in [-0.05, 0) is 50.4 Å². The molecule has 2 fully saturated rings. The average molecular weight is 460 g/mol. The summed E-state index contributed by atoms with van der Waals surface area (Å²) in [6.45, 7) is 3.65. The summed E-state index contributed by atoms with van der Waals surface area (Å²) in [5.41, 5.74) is 4.55. The normalized spacial score (nSPS) is 18.5. The molecule has 1 aromatic carbocycles. The van der Waals surface area contributed by atoms with Gasteiger partial charge < -0.3 is 24.7 Å². The molecular formula is C25H29N7O2. The maximum absolute atomic E-state index is 6.15. The van der Waals surface area contributed by atoms with Crippen LogP contribution in [0.4, 0.5) is 5.95 Å². The maximum Gasteiger partial charge on any atom is 0.233 e. The average Bonchev–Trinajstić information content (AvgIpc) is 3.29. The van der Waals surface area contributed by atoms with Crippen molar-refractivity contribution >= 4 is 28.0 Å². The summed E-state index contributed by atoms with van der Waals surface area (Å²) in [6, 6.07) is 6.47. The highest BCUT2D eigenvalue weighted by Gasteiger charge is 2.19. The van der Waals surface area contributed by atoms with E-state index in [1.54, 1.807) is 6.20 Å². The van der Waals surface area contributed by atoms with Crippen LogP contribution in [0.2, 0.25) is 0 Å². The van der Waals surface area contributed by atoms with Crippen molar-refractivity contribution in [3.8, 4) is 17.0 Å². The van der Waals surface area contributed by atoms with Gasteiger partial charge in [-0.25, -0.2) is 15.0 Å². The summed E-state index contributed by atoms with van der Waals surface area (Å²) in [5.74, 6) is 1.23. The lowest BCUT2D eigenvalue weighted by molar-refractivity contribution is 0.0903. The SMILES string of the molecule is CN1CCC(Oc2cnc3ccc(-c4c[nH]c5nc(NC6CCOCC6)ncc45)cc3n2)CC1. The molecule has 0 unspecified atom stereocenters. The van der Waals surface area contributed by atoms with Crippen LogP contribution in [-0.2, 0) is 4.74 Å². The van der Waals surface area contributed by atoms with Crippen LogP contribution in [0, 0.1) is 0 Å². The van der Waals surface area contributed by atoms with Crippen molar-refractivity contribution in [2.24, 2.45) is 0 Å². The van der Waals surface area contributed by atoms with E-state index in [0.717, 1.165) is 85.2 Å². The minimum absolute atomic E-state index is 0.195. The number of anilines is 1. The molecule has 3 aromatic heterocycles. The lowest BCUT2D eigenvalue weighted by Crippen LogP contribution is -2.35.